The second kappa shape index (κ2) is 11.4. The summed E-state index contributed by atoms with van der Waals surface area (Å²) in [6.45, 7) is 13.7. The van der Waals surface area contributed by atoms with Crippen molar-refractivity contribution in [3.05, 3.63) is 59.2 Å². The molecule has 6 heteroatoms. The molecule has 2 saturated heterocycles. The molecule has 3 unspecified atom stereocenters. The van der Waals surface area contributed by atoms with E-state index < -0.39 is 11.6 Å². The highest BCUT2D eigenvalue weighted by Crippen LogP contribution is 2.53. The standard InChI is InChI=1S/C26H29NO5.2C2H6/c1-26(2,3)32-25(30)27-17-9-10-18(27)13-16(12-17)23-19-6-4-5-7-21(19)31-22-14-15(24(28)29)8-11-20(22)23;2*1-2/h4-8,11,14,16-18,23H,9-10,12-13H2,1-3H3,(H,28,29);2*1-2H3. The van der Waals surface area contributed by atoms with Crippen LogP contribution in [0.3, 0.4) is 0 Å². The van der Waals surface area contributed by atoms with Gasteiger partial charge in [-0.1, -0.05) is 52.0 Å². The van der Waals surface area contributed by atoms with Crippen molar-refractivity contribution in [2.45, 2.75) is 97.8 Å². The molecule has 2 bridgehead atoms. The number of benzene rings is 2. The number of para-hydroxylation sites is 1. The van der Waals surface area contributed by atoms with Crippen molar-refractivity contribution in [3.8, 4) is 11.5 Å². The minimum Gasteiger partial charge on any atom is -0.478 e. The SMILES string of the molecule is CC.CC.CC(C)(C)OC(=O)N1C2CCC1CC(C1c3ccccc3Oc3cc(C(=O)O)ccc31)C2. The molecule has 0 spiro atoms. The number of hydrogen-bond donors (Lipinski definition) is 1. The lowest BCUT2D eigenvalue weighted by atomic mass is 9.72. The van der Waals surface area contributed by atoms with Crippen molar-refractivity contribution in [2.75, 3.05) is 0 Å². The van der Waals surface area contributed by atoms with Crippen molar-refractivity contribution in [1.29, 1.82) is 0 Å². The third-order valence-electron chi connectivity index (χ3n) is 6.91. The normalized spacial score (nSPS) is 23.5. The molecule has 0 aliphatic carbocycles. The largest absolute Gasteiger partial charge is 0.478 e. The molecule has 0 radical (unpaired) electrons. The minimum absolute atomic E-state index is 0.113. The van der Waals surface area contributed by atoms with Crippen molar-refractivity contribution in [3.63, 3.8) is 0 Å². The predicted octanol–water partition coefficient (Wildman–Crippen LogP) is 7.85. The van der Waals surface area contributed by atoms with Gasteiger partial charge < -0.3 is 19.5 Å². The number of carbonyl (C=O) groups excluding carboxylic acids is 1. The van der Waals surface area contributed by atoms with Crippen LogP contribution in [0.4, 0.5) is 4.79 Å². The lowest BCUT2D eigenvalue weighted by Crippen LogP contribution is -2.49. The van der Waals surface area contributed by atoms with E-state index in [1.807, 2.05) is 77.6 Å². The Bertz CT molecular complexity index is 1060. The molecule has 1 amide bonds. The molecule has 2 aromatic carbocycles. The zero-order valence-electron chi connectivity index (χ0n) is 22.7. The van der Waals surface area contributed by atoms with Gasteiger partial charge in [-0.25, -0.2) is 9.59 Å². The van der Waals surface area contributed by atoms with E-state index in [1.165, 1.54) is 0 Å². The zero-order valence-corrected chi connectivity index (χ0v) is 22.7. The summed E-state index contributed by atoms with van der Waals surface area (Å²) in [7, 11) is 0. The van der Waals surface area contributed by atoms with Crippen LogP contribution in [0.2, 0.25) is 0 Å². The Morgan fingerprint density at radius 1 is 0.917 bits per heavy atom. The Hall–Kier alpha value is -3.02. The van der Waals surface area contributed by atoms with E-state index in [9.17, 15) is 14.7 Å². The second-order valence-electron chi connectivity index (χ2n) is 10.2. The van der Waals surface area contributed by atoms with Gasteiger partial charge in [0, 0.05) is 29.1 Å². The summed E-state index contributed by atoms with van der Waals surface area (Å²) >= 11 is 0. The maximum Gasteiger partial charge on any atom is 0.410 e. The molecule has 6 nitrogen and oxygen atoms in total. The molecule has 36 heavy (non-hydrogen) atoms. The Labute approximate surface area is 215 Å². The molecule has 3 aliphatic heterocycles. The average molecular weight is 496 g/mol. The smallest absolute Gasteiger partial charge is 0.410 e. The van der Waals surface area contributed by atoms with Crippen LogP contribution in [-0.4, -0.2) is 39.8 Å². The Balaban J connectivity index is 0.000000861. The average Bonchev–Trinajstić information content (AvgIpc) is 3.13. The van der Waals surface area contributed by atoms with Crippen LogP contribution >= 0.6 is 0 Å². The lowest BCUT2D eigenvalue weighted by molar-refractivity contribution is 0.000972. The van der Waals surface area contributed by atoms with Crippen LogP contribution in [0.1, 0.15) is 102 Å². The van der Waals surface area contributed by atoms with Crippen molar-refractivity contribution in [2.24, 2.45) is 5.92 Å². The molecule has 2 fully saturated rings. The highest BCUT2D eigenvalue weighted by Gasteiger charge is 2.48. The van der Waals surface area contributed by atoms with Crippen molar-refractivity contribution >= 4 is 12.1 Å². The van der Waals surface area contributed by atoms with Gasteiger partial charge in [0.1, 0.15) is 17.1 Å². The summed E-state index contributed by atoms with van der Waals surface area (Å²) in [5, 5.41) is 9.43. The second-order valence-corrected chi connectivity index (χ2v) is 10.2. The van der Waals surface area contributed by atoms with Crippen LogP contribution in [-0.2, 0) is 4.74 Å². The van der Waals surface area contributed by atoms with Crippen LogP contribution in [0.5, 0.6) is 11.5 Å². The first kappa shape index (κ1) is 27.6. The van der Waals surface area contributed by atoms with Crippen molar-refractivity contribution in [1.82, 2.24) is 4.90 Å². The summed E-state index contributed by atoms with van der Waals surface area (Å²) in [5.74, 6) is 0.896. The summed E-state index contributed by atoms with van der Waals surface area (Å²) in [5.41, 5.74) is 1.89. The van der Waals surface area contributed by atoms with Gasteiger partial charge in [0.05, 0.1) is 5.56 Å². The van der Waals surface area contributed by atoms with Crippen molar-refractivity contribution < 1.29 is 24.2 Å². The first-order valence-corrected chi connectivity index (χ1v) is 13.4. The Morgan fingerprint density at radius 3 is 2.08 bits per heavy atom. The zero-order chi connectivity index (χ0) is 26.6. The Morgan fingerprint density at radius 2 is 1.50 bits per heavy atom. The van der Waals surface area contributed by atoms with Gasteiger partial charge in [-0.15, -0.1) is 0 Å². The van der Waals surface area contributed by atoms with Crippen LogP contribution < -0.4 is 4.74 Å². The van der Waals surface area contributed by atoms with Gasteiger partial charge in [-0.05, 0) is 70.6 Å². The maximum atomic E-state index is 12.9. The van der Waals surface area contributed by atoms with E-state index >= 15 is 0 Å². The number of fused-ring (bicyclic) bond motifs is 4. The van der Waals surface area contributed by atoms with Gasteiger partial charge in [-0.2, -0.15) is 0 Å². The van der Waals surface area contributed by atoms with Crippen LogP contribution in [0, 0.1) is 5.92 Å². The van der Waals surface area contributed by atoms with E-state index in [1.54, 1.807) is 12.1 Å². The van der Waals surface area contributed by atoms with Crippen LogP contribution in [0.25, 0.3) is 0 Å². The van der Waals surface area contributed by atoms with Gasteiger partial charge in [0.25, 0.3) is 0 Å². The molecule has 196 valence electrons. The maximum absolute atomic E-state index is 12.9. The van der Waals surface area contributed by atoms with E-state index in [0.717, 1.165) is 42.6 Å². The molecule has 0 saturated carbocycles. The summed E-state index contributed by atoms with van der Waals surface area (Å²) in [6.07, 6.45) is 3.58. The van der Waals surface area contributed by atoms with Gasteiger partial charge in [0.2, 0.25) is 0 Å². The number of aromatic carboxylic acids is 1. The highest BCUT2D eigenvalue weighted by molar-refractivity contribution is 5.88. The first-order valence-electron chi connectivity index (χ1n) is 13.4. The third kappa shape index (κ3) is 5.53. The minimum atomic E-state index is -0.962. The van der Waals surface area contributed by atoms with E-state index in [-0.39, 0.29) is 29.7 Å². The molecular weight excluding hydrogens is 454 g/mol. The number of carboxylic acids is 1. The first-order chi connectivity index (χ1) is 17.2. The quantitative estimate of drug-likeness (QED) is 0.459. The Kier molecular flexibility index (Phi) is 8.70. The van der Waals surface area contributed by atoms with Crippen LogP contribution in [0.15, 0.2) is 42.5 Å². The van der Waals surface area contributed by atoms with E-state index in [4.69, 9.17) is 9.47 Å². The van der Waals surface area contributed by atoms with E-state index in [0.29, 0.717) is 11.7 Å². The summed E-state index contributed by atoms with van der Waals surface area (Å²) < 4.78 is 11.8. The van der Waals surface area contributed by atoms with Gasteiger partial charge in [0.15, 0.2) is 0 Å². The molecule has 5 rings (SSSR count). The lowest BCUT2D eigenvalue weighted by Gasteiger charge is -2.43. The number of ether oxygens (including phenoxy) is 2. The topological polar surface area (TPSA) is 76.1 Å². The number of carboxylic acid groups (broad SMARTS) is 1. The highest BCUT2D eigenvalue weighted by atomic mass is 16.6. The number of amides is 1. The molecule has 3 aliphatic rings. The molecule has 0 aromatic heterocycles. The molecule has 3 heterocycles. The third-order valence-corrected chi connectivity index (χ3v) is 6.91. The fourth-order valence-corrected chi connectivity index (χ4v) is 5.74. The van der Waals surface area contributed by atoms with Gasteiger partial charge >= 0.3 is 12.1 Å². The number of hydrogen-bond acceptors (Lipinski definition) is 4. The number of carbonyl (C=O) groups is 2. The number of piperidine rings is 1. The van der Waals surface area contributed by atoms with E-state index in [2.05, 4.69) is 6.07 Å². The fraction of sp³-hybridized carbons (Fsp3) is 0.533. The molecule has 2 aromatic rings. The fourth-order valence-electron chi connectivity index (χ4n) is 5.74. The number of rotatable bonds is 2. The summed E-state index contributed by atoms with van der Waals surface area (Å²) in [4.78, 5) is 26.4. The summed E-state index contributed by atoms with van der Waals surface area (Å²) in [6, 6.07) is 13.6. The monoisotopic (exact) mass is 495 g/mol. The number of nitrogens with zero attached hydrogens (tertiary/aromatic N) is 1. The van der Waals surface area contributed by atoms with Gasteiger partial charge in [-0.3, -0.25) is 0 Å². The molecular formula is C30H41NO5. The predicted molar refractivity (Wildman–Crippen MR) is 142 cm³/mol. The molecule has 1 N–H and O–H groups in total. The molecule has 3 atom stereocenters.